The Bertz CT molecular complexity index is 1260. The van der Waals surface area contributed by atoms with E-state index in [1.165, 1.54) is 6.07 Å². The summed E-state index contributed by atoms with van der Waals surface area (Å²) in [5, 5.41) is 10.00. The van der Waals surface area contributed by atoms with Gasteiger partial charge in [-0.25, -0.2) is 4.39 Å². The number of anilines is 1. The molecule has 2 aromatic carbocycles. The third-order valence-corrected chi connectivity index (χ3v) is 6.50. The highest BCUT2D eigenvalue weighted by Gasteiger charge is 2.34. The summed E-state index contributed by atoms with van der Waals surface area (Å²) >= 11 is 0. The highest BCUT2D eigenvalue weighted by molar-refractivity contribution is 6.04. The van der Waals surface area contributed by atoms with E-state index in [-0.39, 0.29) is 17.5 Å². The van der Waals surface area contributed by atoms with E-state index < -0.39 is 11.7 Å². The fraction of sp³-hybridized carbons (Fsp3) is 0.292. The van der Waals surface area contributed by atoms with Crippen LogP contribution in [0.5, 0.6) is 0 Å². The first kappa shape index (κ1) is 19.5. The number of halogens is 1. The van der Waals surface area contributed by atoms with Crippen molar-refractivity contribution in [1.82, 2.24) is 15.1 Å². The van der Waals surface area contributed by atoms with Gasteiger partial charge in [0.1, 0.15) is 5.82 Å². The highest BCUT2D eigenvalue weighted by Crippen LogP contribution is 2.40. The fourth-order valence-corrected chi connectivity index (χ4v) is 4.66. The average molecular weight is 418 g/mol. The van der Waals surface area contributed by atoms with E-state index in [1.807, 2.05) is 39.1 Å². The van der Waals surface area contributed by atoms with E-state index >= 15 is 0 Å². The zero-order chi connectivity index (χ0) is 21.9. The minimum atomic E-state index is -0.494. The molecule has 6 nitrogen and oxygen atoms in total. The first-order valence-corrected chi connectivity index (χ1v) is 10.4. The van der Waals surface area contributed by atoms with Crippen molar-refractivity contribution in [2.24, 2.45) is 7.05 Å². The third-order valence-electron chi connectivity index (χ3n) is 6.50. The Hall–Kier alpha value is -3.48. The molecule has 0 spiro atoms. The first-order valence-electron chi connectivity index (χ1n) is 10.4. The second-order valence-electron chi connectivity index (χ2n) is 8.32. The van der Waals surface area contributed by atoms with Crippen LogP contribution in [0.1, 0.15) is 44.4 Å². The number of fused-ring (bicyclic) bond motifs is 2. The molecule has 2 N–H and O–H groups in total. The molecule has 0 saturated heterocycles. The summed E-state index contributed by atoms with van der Waals surface area (Å²) in [7, 11) is 1.87. The van der Waals surface area contributed by atoms with E-state index in [1.54, 1.807) is 10.7 Å². The maximum absolute atomic E-state index is 15.0. The van der Waals surface area contributed by atoms with Crippen molar-refractivity contribution in [2.45, 2.75) is 32.6 Å². The number of aryl methyl sites for hydroxylation is 2. The van der Waals surface area contributed by atoms with E-state index in [2.05, 4.69) is 15.7 Å². The maximum atomic E-state index is 15.0. The van der Waals surface area contributed by atoms with E-state index in [0.717, 1.165) is 34.5 Å². The first-order chi connectivity index (χ1) is 14.8. The summed E-state index contributed by atoms with van der Waals surface area (Å²) in [4.78, 5) is 25.0. The van der Waals surface area contributed by atoms with Crippen molar-refractivity contribution < 1.29 is 14.0 Å². The number of nitrogens with zero attached hydrogens (tertiary/aromatic N) is 2. The molecule has 31 heavy (non-hydrogen) atoms. The summed E-state index contributed by atoms with van der Waals surface area (Å²) in [6.45, 7) is 4.52. The van der Waals surface area contributed by atoms with E-state index in [4.69, 9.17) is 0 Å². The predicted molar refractivity (Wildman–Crippen MR) is 116 cm³/mol. The van der Waals surface area contributed by atoms with Crippen LogP contribution in [0.3, 0.4) is 0 Å². The number of benzene rings is 2. The summed E-state index contributed by atoms with van der Waals surface area (Å²) in [5.74, 6) is -1.28. The zero-order valence-electron chi connectivity index (χ0n) is 17.7. The molecule has 0 aliphatic carbocycles. The Labute approximate surface area is 179 Å². The fourth-order valence-electron chi connectivity index (χ4n) is 4.66. The van der Waals surface area contributed by atoms with Crippen molar-refractivity contribution >= 4 is 17.5 Å². The summed E-state index contributed by atoms with van der Waals surface area (Å²) in [6.07, 6.45) is 1.24. The van der Waals surface area contributed by atoms with Gasteiger partial charge in [-0.3, -0.25) is 14.3 Å². The van der Waals surface area contributed by atoms with Gasteiger partial charge in [-0.05, 0) is 72.7 Å². The van der Waals surface area contributed by atoms with Gasteiger partial charge in [0.15, 0.2) is 0 Å². The van der Waals surface area contributed by atoms with Crippen molar-refractivity contribution in [2.75, 3.05) is 11.9 Å². The van der Waals surface area contributed by atoms with Crippen LogP contribution in [-0.4, -0.2) is 28.1 Å². The van der Waals surface area contributed by atoms with Crippen LogP contribution in [0.4, 0.5) is 10.1 Å². The molecular formula is C24H23FN4O2. The van der Waals surface area contributed by atoms with Crippen LogP contribution in [-0.2, 0) is 24.7 Å². The number of carbonyl (C=O) groups is 2. The molecule has 158 valence electrons. The Kier molecular flexibility index (Phi) is 4.43. The van der Waals surface area contributed by atoms with Crippen LogP contribution >= 0.6 is 0 Å². The molecule has 0 bridgehead atoms. The lowest BCUT2D eigenvalue weighted by Crippen LogP contribution is -2.31. The Morgan fingerprint density at radius 1 is 1.16 bits per heavy atom. The molecule has 3 heterocycles. The molecule has 0 fully saturated rings. The second-order valence-corrected chi connectivity index (χ2v) is 8.32. The van der Waals surface area contributed by atoms with E-state index in [0.29, 0.717) is 29.7 Å². The smallest absolute Gasteiger partial charge is 0.251 e. The van der Waals surface area contributed by atoms with Gasteiger partial charge in [0.25, 0.3) is 5.91 Å². The molecule has 2 aliphatic heterocycles. The normalized spacial score (nSPS) is 17.2. The Balaban J connectivity index is 1.57. The standard InChI is InChI=1S/C24H23FN4O2/c1-12-17(13(2)29(3)28-12)11-20-19-9-16(10-21(25)22(19)27-24(20)31)15-5-4-14-6-7-26-23(30)18(14)8-15/h4-5,8-10,20H,6-7,11H2,1-3H3,(H,26,30)(H,27,31). The highest BCUT2D eigenvalue weighted by atomic mass is 19.1. The van der Waals surface area contributed by atoms with Crippen LogP contribution < -0.4 is 10.6 Å². The lowest BCUT2D eigenvalue weighted by molar-refractivity contribution is -0.117. The van der Waals surface area contributed by atoms with Gasteiger partial charge >= 0.3 is 0 Å². The van der Waals surface area contributed by atoms with Crippen molar-refractivity contribution in [3.63, 3.8) is 0 Å². The van der Waals surface area contributed by atoms with Gasteiger partial charge < -0.3 is 10.6 Å². The molecule has 0 saturated carbocycles. The second kappa shape index (κ2) is 7.04. The number of carbonyl (C=O) groups excluding carboxylic acids is 2. The summed E-state index contributed by atoms with van der Waals surface area (Å²) in [6, 6.07) is 8.93. The number of aromatic nitrogens is 2. The maximum Gasteiger partial charge on any atom is 0.251 e. The van der Waals surface area contributed by atoms with Gasteiger partial charge in [0, 0.05) is 24.8 Å². The summed E-state index contributed by atoms with van der Waals surface area (Å²) < 4.78 is 16.8. The molecule has 1 unspecified atom stereocenters. The van der Waals surface area contributed by atoms with Gasteiger partial charge in [-0.1, -0.05) is 12.1 Å². The van der Waals surface area contributed by atoms with E-state index in [9.17, 15) is 14.0 Å². The molecule has 2 aliphatic rings. The molecule has 2 amide bonds. The Morgan fingerprint density at radius 3 is 2.71 bits per heavy atom. The van der Waals surface area contributed by atoms with Crippen LogP contribution in [0.2, 0.25) is 0 Å². The van der Waals surface area contributed by atoms with Gasteiger partial charge in [0.2, 0.25) is 5.91 Å². The zero-order valence-corrected chi connectivity index (χ0v) is 17.7. The number of hydrogen-bond donors (Lipinski definition) is 2. The quantitative estimate of drug-likeness (QED) is 0.685. The Morgan fingerprint density at radius 2 is 1.97 bits per heavy atom. The van der Waals surface area contributed by atoms with Crippen molar-refractivity contribution in [3.05, 3.63) is 69.8 Å². The largest absolute Gasteiger partial charge is 0.352 e. The minimum absolute atomic E-state index is 0.109. The molecule has 1 atom stereocenters. The lowest BCUT2D eigenvalue weighted by atomic mass is 9.89. The number of amides is 2. The molecule has 3 aromatic rings. The molecular weight excluding hydrogens is 395 g/mol. The van der Waals surface area contributed by atoms with Crippen molar-refractivity contribution in [1.29, 1.82) is 0 Å². The third kappa shape index (κ3) is 3.12. The number of nitrogens with one attached hydrogen (secondary N) is 2. The summed E-state index contributed by atoms with van der Waals surface area (Å²) in [5.41, 5.74) is 6.78. The number of hydrogen-bond acceptors (Lipinski definition) is 3. The molecule has 7 heteroatoms. The number of rotatable bonds is 3. The average Bonchev–Trinajstić information content (AvgIpc) is 3.19. The minimum Gasteiger partial charge on any atom is -0.352 e. The van der Waals surface area contributed by atoms with Crippen LogP contribution in [0, 0.1) is 19.7 Å². The molecule has 5 rings (SSSR count). The molecule has 0 radical (unpaired) electrons. The monoisotopic (exact) mass is 418 g/mol. The molecule has 1 aromatic heterocycles. The predicted octanol–water partition coefficient (Wildman–Crippen LogP) is 3.41. The lowest BCUT2D eigenvalue weighted by Gasteiger charge is -2.18. The topological polar surface area (TPSA) is 76.0 Å². The van der Waals surface area contributed by atoms with Gasteiger partial charge in [0.05, 0.1) is 17.3 Å². The SMILES string of the molecule is Cc1nn(C)c(C)c1CC1C(=O)Nc2c(F)cc(-c3ccc4c(c3)C(=O)NCC4)cc21. The van der Waals surface area contributed by atoms with Gasteiger partial charge in [-0.2, -0.15) is 5.10 Å². The van der Waals surface area contributed by atoms with Crippen molar-refractivity contribution in [3.8, 4) is 11.1 Å². The van der Waals surface area contributed by atoms with Crippen LogP contribution in [0.15, 0.2) is 30.3 Å². The van der Waals surface area contributed by atoms with Crippen LogP contribution in [0.25, 0.3) is 11.1 Å². The van der Waals surface area contributed by atoms with Gasteiger partial charge in [-0.15, -0.1) is 0 Å².